The zero-order valence-electron chi connectivity index (χ0n) is 5.07. The van der Waals surface area contributed by atoms with E-state index in [-0.39, 0.29) is 0 Å². The van der Waals surface area contributed by atoms with Crippen LogP contribution >= 0.6 is 11.6 Å². The molecule has 60 valence electrons. The standard InChI is InChI=1S/C5H3ClO5/c6-2(4(8)9)1-3(7)5(10)11/h1H,(H,8,9)(H,10,11). The minimum Gasteiger partial charge on any atom is -0.477 e. The zero-order chi connectivity index (χ0) is 9.02. The van der Waals surface area contributed by atoms with Crippen molar-refractivity contribution in [2.45, 2.75) is 0 Å². The summed E-state index contributed by atoms with van der Waals surface area (Å²) in [6.45, 7) is 0. The van der Waals surface area contributed by atoms with Gasteiger partial charge < -0.3 is 10.2 Å². The molecule has 0 atom stereocenters. The van der Waals surface area contributed by atoms with Crippen LogP contribution in [0.4, 0.5) is 0 Å². The van der Waals surface area contributed by atoms with E-state index >= 15 is 0 Å². The molecule has 0 heterocycles. The highest BCUT2D eigenvalue weighted by molar-refractivity contribution is 6.46. The van der Waals surface area contributed by atoms with Crippen molar-refractivity contribution >= 4 is 29.3 Å². The highest BCUT2D eigenvalue weighted by atomic mass is 35.5. The molecular weight excluding hydrogens is 176 g/mol. The molecule has 0 unspecified atom stereocenters. The first-order chi connectivity index (χ1) is 4.95. The van der Waals surface area contributed by atoms with Crippen LogP contribution in [0.15, 0.2) is 11.1 Å². The maximum Gasteiger partial charge on any atom is 0.376 e. The second-order valence-electron chi connectivity index (χ2n) is 1.47. The third-order valence-electron chi connectivity index (χ3n) is 0.673. The molecule has 0 amide bonds. The third-order valence-corrected chi connectivity index (χ3v) is 0.944. The molecule has 0 rings (SSSR count). The van der Waals surface area contributed by atoms with Crippen LogP contribution < -0.4 is 0 Å². The summed E-state index contributed by atoms with van der Waals surface area (Å²) in [4.78, 5) is 30.0. The Balaban J connectivity index is 4.44. The maximum absolute atomic E-state index is 10.2. The number of carboxylic acid groups (broad SMARTS) is 2. The lowest BCUT2D eigenvalue weighted by Crippen LogP contribution is -2.10. The van der Waals surface area contributed by atoms with Crippen molar-refractivity contribution in [3.05, 3.63) is 11.1 Å². The average Bonchev–Trinajstić information content (AvgIpc) is 1.87. The molecule has 0 bridgehead atoms. The van der Waals surface area contributed by atoms with Gasteiger partial charge in [0.2, 0.25) is 0 Å². The van der Waals surface area contributed by atoms with Gasteiger partial charge in [-0.2, -0.15) is 0 Å². The molecule has 11 heavy (non-hydrogen) atoms. The smallest absolute Gasteiger partial charge is 0.376 e. The summed E-state index contributed by atoms with van der Waals surface area (Å²) in [6.07, 6.45) is 0.326. The van der Waals surface area contributed by atoms with Crippen molar-refractivity contribution in [2.24, 2.45) is 0 Å². The first-order valence-electron chi connectivity index (χ1n) is 2.33. The van der Waals surface area contributed by atoms with Crippen LogP contribution in [0, 0.1) is 0 Å². The van der Waals surface area contributed by atoms with Gasteiger partial charge in [0.15, 0.2) is 0 Å². The number of carbonyl (C=O) groups is 3. The third kappa shape index (κ3) is 3.36. The number of carbonyl (C=O) groups excluding carboxylic acids is 1. The number of carboxylic acids is 2. The number of hydrogen-bond acceptors (Lipinski definition) is 3. The Hall–Kier alpha value is -1.36. The van der Waals surface area contributed by atoms with Gasteiger partial charge in [0.05, 0.1) is 0 Å². The Kier molecular flexibility index (Phi) is 3.26. The Morgan fingerprint density at radius 3 is 1.82 bits per heavy atom. The fraction of sp³-hybridized carbons (Fsp3) is 0. The van der Waals surface area contributed by atoms with Crippen molar-refractivity contribution in [3.63, 3.8) is 0 Å². The van der Waals surface area contributed by atoms with Crippen LogP contribution in [0.2, 0.25) is 0 Å². The molecule has 0 aliphatic carbocycles. The van der Waals surface area contributed by atoms with Gasteiger partial charge in [-0.1, -0.05) is 11.6 Å². The highest BCUT2D eigenvalue weighted by Crippen LogP contribution is 2.00. The topological polar surface area (TPSA) is 91.7 Å². The summed E-state index contributed by atoms with van der Waals surface area (Å²) < 4.78 is 0. The van der Waals surface area contributed by atoms with Crippen molar-refractivity contribution in [1.29, 1.82) is 0 Å². The van der Waals surface area contributed by atoms with Crippen LogP contribution in [-0.2, 0) is 14.4 Å². The number of hydrogen-bond donors (Lipinski definition) is 2. The lowest BCUT2D eigenvalue weighted by molar-refractivity contribution is -0.146. The van der Waals surface area contributed by atoms with Gasteiger partial charge in [0, 0.05) is 6.08 Å². The molecule has 5 nitrogen and oxygen atoms in total. The predicted octanol–water partition coefficient (Wildman–Crippen LogP) is -0.153. The molecule has 6 heteroatoms. The molecule has 0 saturated heterocycles. The largest absolute Gasteiger partial charge is 0.477 e. The minimum absolute atomic E-state index is 0.326. The summed E-state index contributed by atoms with van der Waals surface area (Å²) in [6, 6.07) is 0. The van der Waals surface area contributed by atoms with Gasteiger partial charge in [0.25, 0.3) is 5.78 Å². The summed E-state index contributed by atoms with van der Waals surface area (Å²) in [5.41, 5.74) is 0. The first kappa shape index (κ1) is 9.64. The van der Waals surface area contributed by atoms with Crippen LogP contribution in [0.5, 0.6) is 0 Å². The normalized spacial score (nSPS) is 10.8. The lowest BCUT2D eigenvalue weighted by atomic mass is 10.3. The van der Waals surface area contributed by atoms with E-state index in [0.29, 0.717) is 6.08 Å². The summed E-state index contributed by atoms with van der Waals surface area (Å²) in [5.74, 6) is -4.65. The van der Waals surface area contributed by atoms with Crippen molar-refractivity contribution < 1.29 is 24.6 Å². The van der Waals surface area contributed by atoms with E-state index < -0.39 is 22.8 Å². The fourth-order valence-electron chi connectivity index (χ4n) is 0.239. The number of halogens is 1. The molecule has 2 N–H and O–H groups in total. The molecule has 0 radical (unpaired) electrons. The monoisotopic (exact) mass is 178 g/mol. The quantitative estimate of drug-likeness (QED) is 0.463. The van der Waals surface area contributed by atoms with Gasteiger partial charge >= 0.3 is 11.9 Å². The lowest BCUT2D eigenvalue weighted by Gasteiger charge is -1.86. The fourth-order valence-corrected chi connectivity index (χ4v) is 0.338. The number of aliphatic carboxylic acids is 2. The molecule has 0 aliphatic rings. The molecule has 0 aromatic carbocycles. The van der Waals surface area contributed by atoms with E-state index in [4.69, 9.17) is 21.8 Å². The van der Waals surface area contributed by atoms with Crippen LogP contribution in [0.25, 0.3) is 0 Å². The van der Waals surface area contributed by atoms with Gasteiger partial charge in [-0.3, -0.25) is 4.79 Å². The first-order valence-corrected chi connectivity index (χ1v) is 2.70. The number of rotatable bonds is 3. The van der Waals surface area contributed by atoms with E-state index in [1.165, 1.54) is 0 Å². The van der Waals surface area contributed by atoms with Crippen molar-refractivity contribution in [1.82, 2.24) is 0 Å². The molecule has 0 aromatic heterocycles. The van der Waals surface area contributed by atoms with Gasteiger partial charge in [-0.05, 0) is 0 Å². The second kappa shape index (κ2) is 3.72. The van der Waals surface area contributed by atoms with E-state index in [1.807, 2.05) is 0 Å². The summed E-state index contributed by atoms with van der Waals surface area (Å²) >= 11 is 4.93. The van der Waals surface area contributed by atoms with E-state index in [2.05, 4.69) is 0 Å². The molecule has 0 spiro atoms. The maximum atomic E-state index is 10.2. The molecule has 0 fully saturated rings. The summed E-state index contributed by atoms with van der Waals surface area (Å²) in [7, 11) is 0. The SMILES string of the molecule is O=C(O)C(=O)C=C(Cl)C(=O)O. The Morgan fingerprint density at radius 1 is 1.09 bits per heavy atom. The second-order valence-corrected chi connectivity index (χ2v) is 1.87. The summed E-state index contributed by atoms with van der Waals surface area (Å²) in [5, 5.41) is 15.2. The average molecular weight is 179 g/mol. The van der Waals surface area contributed by atoms with Gasteiger partial charge in [-0.25, -0.2) is 9.59 Å². The Labute approximate surface area is 65.9 Å². The van der Waals surface area contributed by atoms with Gasteiger partial charge in [0.1, 0.15) is 5.03 Å². The predicted molar refractivity (Wildman–Crippen MR) is 34.2 cm³/mol. The Morgan fingerprint density at radius 2 is 1.55 bits per heavy atom. The van der Waals surface area contributed by atoms with Crippen LogP contribution in [0.1, 0.15) is 0 Å². The minimum atomic E-state index is -1.75. The van der Waals surface area contributed by atoms with Crippen molar-refractivity contribution in [2.75, 3.05) is 0 Å². The molecular formula is C5H3ClO5. The van der Waals surface area contributed by atoms with Gasteiger partial charge in [-0.15, -0.1) is 0 Å². The molecule has 0 aromatic rings. The highest BCUT2D eigenvalue weighted by Gasteiger charge is 2.11. The zero-order valence-corrected chi connectivity index (χ0v) is 5.83. The molecule has 0 saturated carbocycles. The van der Waals surface area contributed by atoms with E-state index in [1.54, 1.807) is 0 Å². The van der Waals surface area contributed by atoms with Crippen LogP contribution in [-0.4, -0.2) is 27.9 Å². The van der Waals surface area contributed by atoms with Crippen LogP contribution in [0.3, 0.4) is 0 Å². The van der Waals surface area contributed by atoms with Crippen molar-refractivity contribution in [3.8, 4) is 0 Å². The Bertz CT molecular complexity index is 241. The molecule has 0 aliphatic heterocycles. The van der Waals surface area contributed by atoms with E-state index in [0.717, 1.165) is 0 Å². The van der Waals surface area contributed by atoms with E-state index in [9.17, 15) is 14.4 Å². The number of ketones is 1.